The predicted molar refractivity (Wildman–Crippen MR) is 99.5 cm³/mol. The van der Waals surface area contributed by atoms with E-state index in [1.165, 1.54) is 38.8 Å². The van der Waals surface area contributed by atoms with Crippen LogP contribution in [0.5, 0.6) is 0 Å². The van der Waals surface area contributed by atoms with E-state index in [9.17, 15) is 0 Å². The van der Waals surface area contributed by atoms with Crippen molar-refractivity contribution < 1.29 is 0 Å². The van der Waals surface area contributed by atoms with Crippen LogP contribution in [0.3, 0.4) is 0 Å². The molecule has 0 aliphatic carbocycles. The minimum absolute atomic E-state index is 0.444. The number of nitrogens with one attached hydrogen (secondary N) is 2. The third kappa shape index (κ3) is 6.98. The SMILES string of the molecule is N#CCc1ccc(NC(=S)NCCCN2CCCCCC2)cc1. The van der Waals surface area contributed by atoms with Crippen LogP contribution in [0.2, 0.25) is 0 Å². The van der Waals surface area contributed by atoms with Crippen molar-refractivity contribution >= 4 is 23.0 Å². The number of benzene rings is 1. The Hall–Kier alpha value is -1.64. The Morgan fingerprint density at radius 3 is 2.48 bits per heavy atom. The van der Waals surface area contributed by atoms with Crippen molar-refractivity contribution in [3.63, 3.8) is 0 Å². The van der Waals surface area contributed by atoms with Crippen molar-refractivity contribution in [1.82, 2.24) is 10.2 Å². The number of nitriles is 1. The summed E-state index contributed by atoms with van der Waals surface area (Å²) >= 11 is 5.32. The van der Waals surface area contributed by atoms with Crippen molar-refractivity contribution in [2.45, 2.75) is 38.5 Å². The van der Waals surface area contributed by atoms with Gasteiger partial charge in [-0.15, -0.1) is 0 Å². The summed E-state index contributed by atoms with van der Waals surface area (Å²) < 4.78 is 0. The molecule has 0 amide bonds. The van der Waals surface area contributed by atoms with Gasteiger partial charge in [0.1, 0.15) is 0 Å². The van der Waals surface area contributed by atoms with Crippen molar-refractivity contribution in [3.8, 4) is 6.07 Å². The first-order valence-corrected chi connectivity index (χ1v) is 8.92. The second-order valence-corrected chi connectivity index (χ2v) is 6.43. The first kappa shape index (κ1) is 17.7. The zero-order valence-corrected chi connectivity index (χ0v) is 14.5. The smallest absolute Gasteiger partial charge is 0.170 e. The van der Waals surface area contributed by atoms with Crippen LogP contribution in [0.1, 0.15) is 37.7 Å². The molecule has 4 nitrogen and oxygen atoms in total. The fourth-order valence-electron chi connectivity index (χ4n) is 2.84. The number of thiocarbonyl (C=S) groups is 1. The number of hydrogen-bond donors (Lipinski definition) is 2. The molecule has 0 spiro atoms. The average molecular weight is 331 g/mol. The molecule has 5 heteroatoms. The molecule has 0 aromatic heterocycles. The predicted octanol–water partition coefficient (Wildman–Crippen LogP) is 3.31. The zero-order valence-electron chi connectivity index (χ0n) is 13.7. The highest BCUT2D eigenvalue weighted by atomic mass is 32.1. The highest BCUT2D eigenvalue weighted by Crippen LogP contribution is 2.10. The molecule has 124 valence electrons. The van der Waals surface area contributed by atoms with Gasteiger partial charge in [-0.05, 0) is 68.8 Å². The average Bonchev–Trinajstić information content (AvgIpc) is 2.82. The molecule has 1 fully saturated rings. The monoisotopic (exact) mass is 330 g/mol. The van der Waals surface area contributed by atoms with Crippen LogP contribution in [0.4, 0.5) is 5.69 Å². The van der Waals surface area contributed by atoms with E-state index >= 15 is 0 Å². The molecule has 1 aromatic rings. The van der Waals surface area contributed by atoms with Gasteiger partial charge in [0.25, 0.3) is 0 Å². The van der Waals surface area contributed by atoms with Crippen LogP contribution in [-0.4, -0.2) is 36.2 Å². The van der Waals surface area contributed by atoms with Gasteiger partial charge in [-0.1, -0.05) is 25.0 Å². The molecular weight excluding hydrogens is 304 g/mol. The lowest BCUT2D eigenvalue weighted by Gasteiger charge is -2.19. The summed E-state index contributed by atoms with van der Waals surface area (Å²) in [6, 6.07) is 9.96. The fraction of sp³-hybridized carbons (Fsp3) is 0.556. The largest absolute Gasteiger partial charge is 0.362 e. The lowest BCUT2D eigenvalue weighted by molar-refractivity contribution is 0.282. The van der Waals surface area contributed by atoms with Gasteiger partial charge in [-0.2, -0.15) is 5.26 Å². The van der Waals surface area contributed by atoms with Gasteiger partial charge in [0.05, 0.1) is 12.5 Å². The topological polar surface area (TPSA) is 51.1 Å². The Kier molecular flexibility index (Phi) is 7.85. The summed E-state index contributed by atoms with van der Waals surface area (Å²) in [7, 11) is 0. The summed E-state index contributed by atoms with van der Waals surface area (Å²) in [4.78, 5) is 2.57. The van der Waals surface area contributed by atoms with Gasteiger partial charge in [0, 0.05) is 12.2 Å². The van der Waals surface area contributed by atoms with Crippen LogP contribution in [0.15, 0.2) is 24.3 Å². The van der Waals surface area contributed by atoms with Crippen LogP contribution in [-0.2, 0) is 6.42 Å². The van der Waals surface area contributed by atoms with Crippen molar-refractivity contribution in [2.24, 2.45) is 0 Å². The third-order valence-electron chi connectivity index (χ3n) is 4.13. The number of likely N-dealkylation sites (tertiary alicyclic amines) is 1. The fourth-order valence-corrected chi connectivity index (χ4v) is 3.06. The minimum atomic E-state index is 0.444. The first-order chi connectivity index (χ1) is 11.3. The van der Waals surface area contributed by atoms with E-state index in [4.69, 9.17) is 17.5 Å². The summed E-state index contributed by atoms with van der Waals surface area (Å²) in [6.45, 7) is 4.54. The van der Waals surface area contributed by atoms with Crippen LogP contribution in [0.25, 0.3) is 0 Å². The molecule has 0 saturated carbocycles. The van der Waals surface area contributed by atoms with Gasteiger partial charge in [0.2, 0.25) is 0 Å². The Morgan fingerprint density at radius 2 is 1.83 bits per heavy atom. The quantitative estimate of drug-likeness (QED) is 0.619. The van der Waals surface area contributed by atoms with Gasteiger partial charge >= 0.3 is 0 Å². The van der Waals surface area contributed by atoms with Gasteiger partial charge in [0.15, 0.2) is 5.11 Å². The standard InChI is InChI=1S/C18H26N4S/c19-11-10-16-6-8-17(9-7-16)21-18(23)20-12-5-15-22-13-3-1-2-4-14-22/h6-9H,1-5,10,12-15H2,(H2,20,21,23). The Bertz CT molecular complexity index is 513. The molecule has 0 bridgehead atoms. The summed E-state index contributed by atoms with van der Waals surface area (Å²) in [6.07, 6.45) is 7.01. The molecule has 1 heterocycles. The lowest BCUT2D eigenvalue weighted by Crippen LogP contribution is -2.32. The number of nitrogens with zero attached hydrogens (tertiary/aromatic N) is 2. The van der Waals surface area contributed by atoms with E-state index in [0.717, 1.165) is 30.8 Å². The normalized spacial score (nSPS) is 15.4. The van der Waals surface area contributed by atoms with E-state index < -0.39 is 0 Å². The molecule has 0 atom stereocenters. The van der Waals surface area contributed by atoms with Crippen LogP contribution in [0, 0.1) is 11.3 Å². The molecule has 2 N–H and O–H groups in total. The van der Waals surface area contributed by atoms with Crippen molar-refractivity contribution in [3.05, 3.63) is 29.8 Å². The second-order valence-electron chi connectivity index (χ2n) is 6.02. The lowest BCUT2D eigenvalue weighted by atomic mass is 10.1. The van der Waals surface area contributed by atoms with E-state index in [0.29, 0.717) is 11.5 Å². The highest BCUT2D eigenvalue weighted by molar-refractivity contribution is 7.80. The Morgan fingerprint density at radius 1 is 1.13 bits per heavy atom. The molecule has 0 unspecified atom stereocenters. The summed E-state index contributed by atoms with van der Waals surface area (Å²) in [5.41, 5.74) is 1.98. The molecule has 1 aromatic carbocycles. The van der Waals surface area contributed by atoms with E-state index in [1.807, 2.05) is 24.3 Å². The molecule has 23 heavy (non-hydrogen) atoms. The molecular formula is C18H26N4S. The van der Waals surface area contributed by atoms with E-state index in [2.05, 4.69) is 21.6 Å². The van der Waals surface area contributed by atoms with Gasteiger partial charge in [-0.3, -0.25) is 0 Å². The highest BCUT2D eigenvalue weighted by Gasteiger charge is 2.08. The maximum atomic E-state index is 8.66. The first-order valence-electron chi connectivity index (χ1n) is 8.51. The molecule has 0 radical (unpaired) electrons. The maximum absolute atomic E-state index is 8.66. The second kappa shape index (κ2) is 10.2. The minimum Gasteiger partial charge on any atom is -0.362 e. The van der Waals surface area contributed by atoms with E-state index in [1.54, 1.807) is 0 Å². The number of rotatable bonds is 6. The Balaban J connectivity index is 1.62. The summed E-state index contributed by atoms with van der Waals surface area (Å²) in [5.74, 6) is 0. The molecule has 2 rings (SSSR count). The van der Waals surface area contributed by atoms with Crippen LogP contribution >= 0.6 is 12.2 Å². The molecule has 1 aliphatic rings. The number of hydrogen-bond acceptors (Lipinski definition) is 3. The third-order valence-corrected chi connectivity index (χ3v) is 4.38. The Labute approximate surface area is 144 Å². The molecule has 1 saturated heterocycles. The molecule has 1 aliphatic heterocycles. The van der Waals surface area contributed by atoms with Crippen molar-refractivity contribution in [1.29, 1.82) is 5.26 Å². The number of anilines is 1. The summed E-state index contributed by atoms with van der Waals surface area (Å²) in [5, 5.41) is 15.8. The van der Waals surface area contributed by atoms with Gasteiger partial charge < -0.3 is 15.5 Å². The van der Waals surface area contributed by atoms with Gasteiger partial charge in [-0.25, -0.2) is 0 Å². The van der Waals surface area contributed by atoms with Crippen molar-refractivity contribution in [2.75, 3.05) is 31.5 Å². The van der Waals surface area contributed by atoms with E-state index in [-0.39, 0.29) is 0 Å². The maximum Gasteiger partial charge on any atom is 0.170 e. The van der Waals surface area contributed by atoms with Crippen LogP contribution < -0.4 is 10.6 Å². The zero-order chi connectivity index (χ0) is 16.3.